The first kappa shape index (κ1) is 33.9. The van der Waals surface area contributed by atoms with E-state index in [1.807, 2.05) is 64.1 Å². The SMILES string of the molecule is CCCCCCCCN(C(=O)C(C)NC(=O)OC(C)(C)C)C(C(=O)Nc1c(C)cccc1C)c1cc(C)ccc1C. The van der Waals surface area contributed by atoms with Crippen LogP contribution in [-0.2, 0) is 14.3 Å². The van der Waals surface area contributed by atoms with Crippen LogP contribution in [0.4, 0.5) is 10.5 Å². The summed E-state index contributed by atoms with van der Waals surface area (Å²) < 4.78 is 5.41. The number of ether oxygens (including phenoxy) is 1. The number of benzene rings is 2. The van der Waals surface area contributed by atoms with Gasteiger partial charge in [0.2, 0.25) is 5.91 Å². The molecule has 2 rings (SSSR count). The van der Waals surface area contributed by atoms with Crippen molar-refractivity contribution in [1.29, 1.82) is 0 Å². The number of anilines is 1. The highest BCUT2D eigenvalue weighted by Gasteiger charge is 2.35. The molecule has 0 aliphatic carbocycles. The summed E-state index contributed by atoms with van der Waals surface area (Å²) in [5, 5.41) is 5.83. The quantitative estimate of drug-likeness (QED) is 0.244. The van der Waals surface area contributed by atoms with Crippen molar-refractivity contribution < 1.29 is 19.1 Å². The second-order valence-electron chi connectivity index (χ2n) is 12.2. The van der Waals surface area contributed by atoms with Crippen molar-refractivity contribution in [3.63, 3.8) is 0 Å². The van der Waals surface area contributed by atoms with Gasteiger partial charge in [0.15, 0.2) is 0 Å². The lowest BCUT2D eigenvalue weighted by molar-refractivity contribution is -0.140. The van der Waals surface area contributed by atoms with E-state index in [0.717, 1.165) is 65.6 Å². The third-order valence-electron chi connectivity index (χ3n) is 7.16. The topological polar surface area (TPSA) is 87.7 Å². The van der Waals surface area contributed by atoms with Crippen LogP contribution in [0, 0.1) is 27.7 Å². The van der Waals surface area contributed by atoms with Crippen molar-refractivity contribution in [2.75, 3.05) is 11.9 Å². The van der Waals surface area contributed by atoms with E-state index in [1.165, 1.54) is 6.42 Å². The Morgan fingerprint density at radius 3 is 2.10 bits per heavy atom. The largest absolute Gasteiger partial charge is 0.444 e. The Morgan fingerprint density at radius 1 is 0.878 bits per heavy atom. The van der Waals surface area contributed by atoms with Crippen molar-refractivity contribution in [1.82, 2.24) is 10.2 Å². The molecule has 0 radical (unpaired) electrons. The van der Waals surface area contributed by atoms with E-state index in [-0.39, 0.29) is 11.8 Å². The Hall–Kier alpha value is -3.35. The van der Waals surface area contributed by atoms with Crippen LogP contribution in [0.2, 0.25) is 0 Å². The van der Waals surface area contributed by atoms with Gasteiger partial charge in [-0.3, -0.25) is 9.59 Å². The maximum atomic E-state index is 14.2. The zero-order chi connectivity index (χ0) is 30.7. The number of nitrogens with one attached hydrogen (secondary N) is 2. The number of para-hydroxylation sites is 1. The van der Waals surface area contributed by atoms with E-state index < -0.39 is 23.8 Å². The molecule has 2 N–H and O–H groups in total. The molecule has 7 nitrogen and oxygen atoms in total. The second kappa shape index (κ2) is 15.6. The number of amides is 3. The van der Waals surface area contributed by atoms with Gasteiger partial charge in [0, 0.05) is 12.2 Å². The van der Waals surface area contributed by atoms with E-state index in [2.05, 4.69) is 17.6 Å². The maximum absolute atomic E-state index is 14.2. The van der Waals surface area contributed by atoms with Crippen molar-refractivity contribution in [2.45, 2.75) is 119 Å². The van der Waals surface area contributed by atoms with Gasteiger partial charge >= 0.3 is 6.09 Å². The van der Waals surface area contributed by atoms with Gasteiger partial charge in [0.1, 0.15) is 17.7 Å². The highest BCUT2D eigenvalue weighted by Crippen LogP contribution is 2.30. The van der Waals surface area contributed by atoms with Crippen LogP contribution in [0.25, 0.3) is 0 Å². The minimum absolute atomic E-state index is 0.278. The lowest BCUT2D eigenvalue weighted by Crippen LogP contribution is -2.51. The number of unbranched alkanes of at least 4 members (excludes halogenated alkanes) is 5. The summed E-state index contributed by atoms with van der Waals surface area (Å²) in [5.74, 6) is -0.605. The number of nitrogens with zero attached hydrogens (tertiary/aromatic N) is 1. The molecule has 2 unspecified atom stereocenters. The molecule has 2 aromatic rings. The Morgan fingerprint density at radius 2 is 1.49 bits per heavy atom. The van der Waals surface area contributed by atoms with Crippen molar-refractivity contribution >= 4 is 23.6 Å². The van der Waals surface area contributed by atoms with E-state index in [0.29, 0.717) is 6.54 Å². The predicted octanol–water partition coefficient (Wildman–Crippen LogP) is 7.70. The number of carbonyl (C=O) groups excluding carboxylic acids is 3. The summed E-state index contributed by atoms with van der Waals surface area (Å²) in [5.41, 5.74) is 4.65. The molecule has 0 bridgehead atoms. The van der Waals surface area contributed by atoms with Crippen molar-refractivity contribution in [3.05, 3.63) is 64.2 Å². The van der Waals surface area contributed by atoms with Crippen LogP contribution < -0.4 is 10.6 Å². The van der Waals surface area contributed by atoms with Gasteiger partial charge in [-0.25, -0.2) is 4.79 Å². The average molecular weight is 566 g/mol. The Bertz CT molecular complexity index is 1160. The number of hydrogen-bond acceptors (Lipinski definition) is 4. The van der Waals surface area contributed by atoms with Gasteiger partial charge < -0.3 is 20.3 Å². The zero-order valence-electron chi connectivity index (χ0n) is 26.6. The molecule has 226 valence electrons. The highest BCUT2D eigenvalue weighted by atomic mass is 16.6. The summed E-state index contributed by atoms with van der Waals surface area (Å²) >= 11 is 0. The Balaban J connectivity index is 2.50. The number of rotatable bonds is 13. The van der Waals surface area contributed by atoms with Gasteiger partial charge in [0.05, 0.1) is 0 Å². The third kappa shape index (κ3) is 10.5. The summed E-state index contributed by atoms with van der Waals surface area (Å²) in [6, 6.07) is 10.1. The van der Waals surface area contributed by atoms with Crippen LogP contribution in [0.5, 0.6) is 0 Å². The molecule has 2 aromatic carbocycles. The standard InChI is InChI=1S/C34H51N3O4/c1-10-11-12-13-14-15-21-37(32(39)27(6)35-33(40)41-34(7,8)9)30(28-22-23(2)19-20-24(28)3)31(38)36-29-25(4)17-16-18-26(29)5/h16-20,22,27,30H,10-15,21H2,1-9H3,(H,35,40)(H,36,38). The third-order valence-corrected chi connectivity index (χ3v) is 7.16. The minimum atomic E-state index is -0.884. The Labute approximate surface area is 247 Å². The second-order valence-corrected chi connectivity index (χ2v) is 12.2. The van der Waals surface area contributed by atoms with Crippen molar-refractivity contribution in [2.24, 2.45) is 0 Å². The highest BCUT2D eigenvalue weighted by molar-refractivity contribution is 6.00. The van der Waals surface area contributed by atoms with Gasteiger partial charge in [-0.05, 0) is 84.1 Å². The molecule has 0 aromatic heterocycles. The van der Waals surface area contributed by atoms with E-state index in [4.69, 9.17) is 4.74 Å². The number of aryl methyl sites for hydroxylation is 4. The van der Waals surface area contributed by atoms with Crippen LogP contribution in [0.15, 0.2) is 36.4 Å². The summed E-state index contributed by atoms with van der Waals surface area (Å²) in [6.45, 7) is 17.4. The number of hydrogen-bond donors (Lipinski definition) is 2. The molecule has 0 aliphatic rings. The maximum Gasteiger partial charge on any atom is 0.408 e. The fraction of sp³-hybridized carbons (Fsp3) is 0.559. The molecular weight excluding hydrogens is 514 g/mol. The molecular formula is C34H51N3O4. The van der Waals surface area contributed by atoms with Crippen LogP contribution in [0.1, 0.15) is 107 Å². The van der Waals surface area contributed by atoms with Gasteiger partial charge in [-0.1, -0.05) is 81.0 Å². The van der Waals surface area contributed by atoms with Crippen molar-refractivity contribution in [3.8, 4) is 0 Å². The predicted molar refractivity (Wildman–Crippen MR) is 167 cm³/mol. The smallest absolute Gasteiger partial charge is 0.408 e. The fourth-order valence-electron chi connectivity index (χ4n) is 4.93. The first-order chi connectivity index (χ1) is 19.2. The van der Waals surface area contributed by atoms with Gasteiger partial charge in [-0.15, -0.1) is 0 Å². The zero-order valence-corrected chi connectivity index (χ0v) is 26.6. The first-order valence-electron chi connectivity index (χ1n) is 15.0. The van der Waals surface area contributed by atoms with Gasteiger partial charge in [-0.2, -0.15) is 0 Å². The summed E-state index contributed by atoms with van der Waals surface area (Å²) in [6.07, 6.45) is 5.61. The monoisotopic (exact) mass is 565 g/mol. The van der Waals surface area contributed by atoms with E-state index in [1.54, 1.807) is 32.6 Å². The van der Waals surface area contributed by atoms with Gasteiger partial charge in [0.25, 0.3) is 5.91 Å². The lowest BCUT2D eigenvalue weighted by atomic mass is 9.95. The number of alkyl carbamates (subject to hydrolysis) is 1. The first-order valence-corrected chi connectivity index (χ1v) is 15.0. The van der Waals surface area contributed by atoms with E-state index >= 15 is 0 Å². The molecule has 0 fully saturated rings. The average Bonchev–Trinajstić information content (AvgIpc) is 2.87. The lowest BCUT2D eigenvalue weighted by Gasteiger charge is -2.35. The summed E-state index contributed by atoms with van der Waals surface area (Å²) in [7, 11) is 0. The van der Waals surface area contributed by atoms with E-state index in [9.17, 15) is 14.4 Å². The molecule has 41 heavy (non-hydrogen) atoms. The Kier molecular flexibility index (Phi) is 12.9. The molecule has 0 heterocycles. The molecule has 0 aliphatic heterocycles. The molecule has 2 atom stereocenters. The normalized spacial score (nSPS) is 12.8. The fourth-order valence-corrected chi connectivity index (χ4v) is 4.93. The molecule has 0 spiro atoms. The van der Waals surface area contributed by atoms with Crippen LogP contribution in [-0.4, -0.2) is 41.0 Å². The molecule has 0 saturated heterocycles. The molecule has 0 saturated carbocycles. The van der Waals surface area contributed by atoms with Crippen LogP contribution in [0.3, 0.4) is 0 Å². The molecule has 3 amide bonds. The number of carbonyl (C=O) groups is 3. The minimum Gasteiger partial charge on any atom is -0.444 e. The van der Waals surface area contributed by atoms with Crippen LogP contribution >= 0.6 is 0 Å². The summed E-state index contributed by atoms with van der Waals surface area (Å²) in [4.78, 5) is 42.5. The molecule has 7 heteroatoms.